The lowest BCUT2D eigenvalue weighted by Gasteiger charge is -2.21. The van der Waals surface area contributed by atoms with E-state index in [0.29, 0.717) is 29.7 Å². The number of carbonyl (C=O) groups excluding carboxylic acids is 2. The zero-order chi connectivity index (χ0) is 34.1. The number of amides is 2. The first kappa shape index (κ1) is 33.5. The summed E-state index contributed by atoms with van der Waals surface area (Å²) in [5.74, 6) is -1.58. The Labute approximate surface area is 275 Å². The highest BCUT2D eigenvalue weighted by molar-refractivity contribution is 6.31. The van der Waals surface area contributed by atoms with E-state index in [1.54, 1.807) is 42.5 Å². The van der Waals surface area contributed by atoms with E-state index >= 15 is 0 Å². The van der Waals surface area contributed by atoms with Gasteiger partial charge in [0.05, 0.1) is 5.56 Å². The van der Waals surface area contributed by atoms with Gasteiger partial charge in [-0.1, -0.05) is 78.9 Å². The summed E-state index contributed by atoms with van der Waals surface area (Å²) in [5, 5.41) is 12.3. The molecular weight excluding hydrogens is 621 g/mol. The molecule has 0 atom stereocenters. The van der Waals surface area contributed by atoms with E-state index in [2.05, 4.69) is 5.32 Å². The predicted molar refractivity (Wildman–Crippen MR) is 174 cm³/mol. The largest absolute Gasteiger partial charge is 0.474 e. The molecule has 2 amide bonds. The number of alkyl halides is 3. The number of carbonyl (C=O) groups is 3. The van der Waals surface area contributed by atoms with Gasteiger partial charge in [0.15, 0.2) is 0 Å². The summed E-state index contributed by atoms with van der Waals surface area (Å²) in [6.07, 6.45) is -3.87. The Kier molecular flexibility index (Phi) is 10.5. The van der Waals surface area contributed by atoms with Crippen LogP contribution in [0.25, 0.3) is 11.1 Å². The highest BCUT2D eigenvalue weighted by Crippen LogP contribution is 2.29. The molecule has 0 radical (unpaired) electrons. The molecule has 0 aromatic heterocycles. The lowest BCUT2D eigenvalue weighted by Crippen LogP contribution is -2.35. The van der Waals surface area contributed by atoms with Crippen LogP contribution < -0.4 is 10.1 Å². The number of rotatable bonds is 11. The van der Waals surface area contributed by atoms with E-state index < -0.39 is 23.6 Å². The molecule has 10 heteroatoms. The van der Waals surface area contributed by atoms with Gasteiger partial charge in [0.25, 0.3) is 5.91 Å². The Morgan fingerprint density at radius 3 is 1.85 bits per heavy atom. The van der Waals surface area contributed by atoms with E-state index in [1.807, 2.05) is 60.7 Å². The third kappa shape index (κ3) is 9.10. The smallest absolute Gasteiger partial charge is 0.416 e. The van der Waals surface area contributed by atoms with E-state index in [0.717, 1.165) is 45.2 Å². The minimum Gasteiger partial charge on any atom is -0.474 e. The van der Waals surface area contributed by atoms with Crippen LogP contribution in [0, 0.1) is 0 Å². The lowest BCUT2D eigenvalue weighted by atomic mass is 10.0. The van der Waals surface area contributed by atoms with Gasteiger partial charge in [-0.15, -0.1) is 0 Å². The highest BCUT2D eigenvalue weighted by atomic mass is 19.4. The molecule has 0 heterocycles. The first-order valence-corrected chi connectivity index (χ1v) is 15.0. The maximum absolute atomic E-state index is 12.9. The average molecular weight is 653 g/mol. The zero-order valence-electron chi connectivity index (χ0n) is 25.6. The number of para-hydroxylation sites is 1. The number of ether oxygens (including phenoxy) is 1. The lowest BCUT2D eigenvalue weighted by molar-refractivity contribution is -0.156. The number of carboxylic acids is 1. The second-order valence-electron chi connectivity index (χ2n) is 11.0. The number of carboxylic acid groups (broad SMARTS) is 1. The van der Waals surface area contributed by atoms with Crippen molar-refractivity contribution >= 4 is 17.8 Å². The molecule has 0 aliphatic rings. The van der Waals surface area contributed by atoms with Crippen LogP contribution in [0.4, 0.5) is 13.2 Å². The molecule has 0 saturated carbocycles. The van der Waals surface area contributed by atoms with Gasteiger partial charge in [-0.3, -0.25) is 9.59 Å². The summed E-state index contributed by atoms with van der Waals surface area (Å²) in [5.41, 5.74) is 3.25. The van der Waals surface area contributed by atoms with Gasteiger partial charge in [-0.25, -0.2) is 4.79 Å². The molecule has 48 heavy (non-hydrogen) atoms. The second kappa shape index (κ2) is 15.1. The van der Waals surface area contributed by atoms with Crippen LogP contribution in [0.15, 0.2) is 127 Å². The number of halogens is 3. The molecule has 2 N–H and O–H groups in total. The van der Waals surface area contributed by atoms with Gasteiger partial charge >= 0.3 is 18.1 Å². The Morgan fingerprint density at radius 1 is 0.667 bits per heavy atom. The quantitative estimate of drug-likeness (QED) is 0.142. The third-order valence-corrected chi connectivity index (χ3v) is 7.51. The number of nitrogens with zero attached hydrogens (tertiary/aromatic N) is 1. The zero-order valence-corrected chi connectivity index (χ0v) is 25.6. The third-order valence-electron chi connectivity index (χ3n) is 7.51. The molecule has 5 aromatic rings. The summed E-state index contributed by atoms with van der Waals surface area (Å²) < 4.78 is 44.6. The van der Waals surface area contributed by atoms with Crippen molar-refractivity contribution in [3.8, 4) is 22.6 Å². The Morgan fingerprint density at radius 2 is 1.25 bits per heavy atom. The first-order valence-electron chi connectivity index (χ1n) is 15.0. The SMILES string of the molecule is O=C(O)C(=O)N(Cc1ccc(-c2cccc(C(=O)NCCc3ccc(Oc4ccccc4)cc3)c2)cc1)Cc1ccc(C(F)(F)F)cc1. The van der Waals surface area contributed by atoms with Crippen molar-refractivity contribution in [3.63, 3.8) is 0 Å². The van der Waals surface area contributed by atoms with E-state index in [-0.39, 0.29) is 19.0 Å². The van der Waals surface area contributed by atoms with Crippen LogP contribution in [-0.4, -0.2) is 34.3 Å². The van der Waals surface area contributed by atoms with Crippen LogP contribution in [0.1, 0.15) is 32.6 Å². The normalized spacial score (nSPS) is 11.1. The molecular formula is C38H31F3N2O5. The van der Waals surface area contributed by atoms with Crippen molar-refractivity contribution in [2.75, 3.05) is 6.54 Å². The maximum atomic E-state index is 12.9. The van der Waals surface area contributed by atoms with Crippen LogP contribution in [0.2, 0.25) is 0 Å². The van der Waals surface area contributed by atoms with E-state index in [4.69, 9.17) is 4.74 Å². The summed E-state index contributed by atoms with van der Waals surface area (Å²) >= 11 is 0. The topological polar surface area (TPSA) is 95.9 Å². The fourth-order valence-corrected chi connectivity index (χ4v) is 4.99. The summed E-state index contributed by atoms with van der Waals surface area (Å²) in [4.78, 5) is 37.8. The molecule has 0 aliphatic carbocycles. The maximum Gasteiger partial charge on any atom is 0.416 e. The van der Waals surface area contributed by atoms with Crippen LogP contribution >= 0.6 is 0 Å². The molecule has 0 spiro atoms. The second-order valence-corrected chi connectivity index (χ2v) is 11.0. The summed E-state index contributed by atoms with van der Waals surface area (Å²) in [7, 11) is 0. The van der Waals surface area contributed by atoms with Crippen molar-refractivity contribution in [3.05, 3.63) is 155 Å². The van der Waals surface area contributed by atoms with Crippen molar-refractivity contribution in [1.82, 2.24) is 10.2 Å². The first-order chi connectivity index (χ1) is 23.0. The fourth-order valence-electron chi connectivity index (χ4n) is 4.99. The molecule has 0 bridgehead atoms. The number of hydrogen-bond acceptors (Lipinski definition) is 4. The standard InChI is InChI=1S/C38H31F3N2O5/c39-38(40,41)32-17-11-28(12-18-32)25-43(36(45)37(46)47)24-27-9-15-29(16-10-27)30-5-4-6-31(23-30)35(44)42-22-21-26-13-19-34(20-14-26)48-33-7-2-1-3-8-33/h1-20,23H,21-22,24-25H2,(H,42,44)(H,46,47). The summed E-state index contributed by atoms with van der Waals surface area (Å²) in [6, 6.07) is 35.6. The van der Waals surface area contributed by atoms with Crippen molar-refractivity contribution in [1.29, 1.82) is 0 Å². The van der Waals surface area contributed by atoms with Crippen LogP contribution in [-0.2, 0) is 35.3 Å². The number of benzene rings is 5. The number of aliphatic carboxylic acids is 1. The van der Waals surface area contributed by atoms with Crippen molar-refractivity contribution in [2.24, 2.45) is 0 Å². The Bertz CT molecular complexity index is 1860. The molecule has 7 nitrogen and oxygen atoms in total. The van der Waals surface area contributed by atoms with Crippen molar-refractivity contribution < 1.29 is 37.4 Å². The average Bonchev–Trinajstić information content (AvgIpc) is 3.09. The molecule has 0 unspecified atom stereocenters. The van der Waals surface area contributed by atoms with Gasteiger partial charge in [-0.05, 0) is 82.8 Å². The van der Waals surface area contributed by atoms with Gasteiger partial charge in [0.1, 0.15) is 11.5 Å². The number of nitrogens with one attached hydrogen (secondary N) is 1. The minimum atomic E-state index is -4.51. The van der Waals surface area contributed by atoms with Crippen molar-refractivity contribution in [2.45, 2.75) is 25.7 Å². The molecule has 0 fully saturated rings. The molecule has 0 saturated heterocycles. The van der Waals surface area contributed by atoms with Crippen LogP contribution in [0.3, 0.4) is 0 Å². The van der Waals surface area contributed by atoms with E-state index in [1.165, 1.54) is 12.1 Å². The van der Waals surface area contributed by atoms with Crippen LogP contribution in [0.5, 0.6) is 11.5 Å². The van der Waals surface area contributed by atoms with Gasteiger partial charge in [-0.2, -0.15) is 13.2 Å². The molecule has 0 aliphatic heterocycles. The minimum absolute atomic E-state index is 0.0718. The monoisotopic (exact) mass is 652 g/mol. The molecule has 5 aromatic carbocycles. The van der Waals surface area contributed by atoms with Gasteiger partial charge in [0.2, 0.25) is 0 Å². The highest BCUT2D eigenvalue weighted by Gasteiger charge is 2.30. The molecule has 5 rings (SSSR count). The predicted octanol–water partition coefficient (Wildman–Crippen LogP) is 7.75. The van der Waals surface area contributed by atoms with Gasteiger partial charge < -0.3 is 20.1 Å². The van der Waals surface area contributed by atoms with E-state index in [9.17, 15) is 32.7 Å². The Balaban J connectivity index is 1.17. The molecule has 244 valence electrons. The number of hydrogen-bond donors (Lipinski definition) is 2. The Hall–Kier alpha value is -5.90. The van der Waals surface area contributed by atoms with Gasteiger partial charge in [0, 0.05) is 25.2 Å². The fraction of sp³-hybridized carbons (Fsp3) is 0.132. The summed E-state index contributed by atoms with van der Waals surface area (Å²) in [6.45, 7) is 0.183.